The molecule has 1 saturated heterocycles. The molecule has 1 fully saturated rings. The Kier molecular flexibility index (Phi) is 3.88. The fraction of sp³-hybridized carbons (Fsp3) is 0.207. The second-order valence-corrected chi connectivity index (χ2v) is 10.4. The monoisotopic (exact) mass is 444 g/mol. The van der Waals surface area contributed by atoms with Crippen molar-refractivity contribution >= 4 is 61.7 Å². The van der Waals surface area contributed by atoms with Gasteiger partial charge in [-0.2, -0.15) is 0 Å². The van der Waals surface area contributed by atoms with Crippen LogP contribution in [0.15, 0.2) is 78.9 Å². The van der Waals surface area contributed by atoms with E-state index in [1.54, 1.807) is 0 Å². The molecule has 1 aliphatic rings. The third-order valence-corrected chi connectivity index (χ3v) is 7.77. The molecule has 34 heavy (non-hydrogen) atoms. The number of pyridine rings is 1. The Morgan fingerprint density at radius 1 is 0.676 bits per heavy atom. The summed E-state index contributed by atoms with van der Waals surface area (Å²) < 4.78 is 15.0. The van der Waals surface area contributed by atoms with Crippen LogP contribution in [0.25, 0.3) is 49.1 Å². The van der Waals surface area contributed by atoms with Gasteiger partial charge in [0.1, 0.15) is 5.65 Å². The van der Waals surface area contributed by atoms with Gasteiger partial charge in [0.05, 0.1) is 27.8 Å². The second kappa shape index (κ2) is 6.59. The largest absolute Gasteiger partial charge is 0.494 e. The van der Waals surface area contributed by atoms with E-state index in [1.165, 1.54) is 21.5 Å². The van der Waals surface area contributed by atoms with Crippen LogP contribution in [0.3, 0.4) is 0 Å². The number of rotatable bonds is 1. The van der Waals surface area contributed by atoms with Crippen molar-refractivity contribution in [3.05, 3.63) is 78.9 Å². The van der Waals surface area contributed by atoms with Crippen LogP contribution in [0, 0.1) is 0 Å². The van der Waals surface area contributed by atoms with Crippen LogP contribution < -0.4 is 5.46 Å². The highest BCUT2D eigenvalue weighted by atomic mass is 16.7. The molecule has 7 rings (SSSR count). The smallest absolute Gasteiger partial charge is 0.399 e. The summed E-state index contributed by atoms with van der Waals surface area (Å²) in [5, 5.41) is 6.00. The lowest BCUT2D eigenvalue weighted by Gasteiger charge is -2.32. The molecule has 0 saturated carbocycles. The van der Waals surface area contributed by atoms with Crippen LogP contribution in [0.1, 0.15) is 27.7 Å². The van der Waals surface area contributed by atoms with Gasteiger partial charge in [-0.3, -0.25) is 4.40 Å². The van der Waals surface area contributed by atoms with E-state index in [2.05, 4.69) is 105 Å². The summed E-state index contributed by atoms with van der Waals surface area (Å²) in [5.41, 5.74) is 4.43. The number of hydrogen-bond donors (Lipinski definition) is 0. The maximum atomic E-state index is 6.38. The van der Waals surface area contributed by atoms with E-state index in [1.807, 2.05) is 6.07 Å². The molecule has 0 radical (unpaired) electrons. The summed E-state index contributed by atoms with van der Waals surface area (Å²) in [5.74, 6) is 0. The minimum atomic E-state index is -0.411. The number of imidazole rings is 1. The number of hydrogen-bond acceptors (Lipinski definition) is 3. The molecule has 0 unspecified atom stereocenters. The van der Waals surface area contributed by atoms with Crippen LogP contribution in [0.2, 0.25) is 0 Å². The number of para-hydroxylation sites is 2. The van der Waals surface area contributed by atoms with E-state index in [4.69, 9.17) is 14.3 Å². The molecule has 5 heteroatoms. The number of nitrogens with zero attached hydrogens (tertiary/aromatic N) is 2. The van der Waals surface area contributed by atoms with E-state index in [0.29, 0.717) is 0 Å². The van der Waals surface area contributed by atoms with Crippen LogP contribution in [0.5, 0.6) is 0 Å². The standard InChI is InChI=1S/C29H25BN2O2/c1-28(2)29(3,4)34-30(33-28)20-13-14-21-22-15-18-9-5-6-10-19(18)16-23(22)27-31-24-11-7-8-12-25(24)32(27)26(21)17-20/h5-17H,1-4H3. The summed E-state index contributed by atoms with van der Waals surface area (Å²) in [6.07, 6.45) is 0. The highest BCUT2D eigenvalue weighted by molar-refractivity contribution is 6.62. The van der Waals surface area contributed by atoms with Gasteiger partial charge in [0.15, 0.2) is 0 Å². The van der Waals surface area contributed by atoms with Gasteiger partial charge in [-0.25, -0.2) is 4.98 Å². The fourth-order valence-corrected chi connectivity index (χ4v) is 5.19. The van der Waals surface area contributed by atoms with Crippen LogP contribution in [0.4, 0.5) is 0 Å². The lowest BCUT2D eigenvalue weighted by molar-refractivity contribution is 0.00578. The number of fused-ring (bicyclic) bond motifs is 9. The van der Waals surface area contributed by atoms with Crippen molar-refractivity contribution in [1.29, 1.82) is 0 Å². The van der Waals surface area contributed by atoms with Crippen molar-refractivity contribution in [3.8, 4) is 0 Å². The number of aromatic nitrogens is 2. The Hall–Kier alpha value is -3.41. The van der Waals surface area contributed by atoms with Gasteiger partial charge in [0, 0.05) is 10.8 Å². The van der Waals surface area contributed by atoms with Gasteiger partial charge in [-0.1, -0.05) is 48.5 Å². The molecule has 0 bridgehead atoms. The summed E-state index contributed by atoms with van der Waals surface area (Å²) >= 11 is 0. The molecule has 0 atom stereocenters. The van der Waals surface area contributed by atoms with Crippen LogP contribution >= 0.6 is 0 Å². The Morgan fingerprint density at radius 3 is 2.06 bits per heavy atom. The average Bonchev–Trinajstić information content (AvgIpc) is 3.32. The third kappa shape index (κ3) is 2.65. The summed E-state index contributed by atoms with van der Waals surface area (Å²) in [7, 11) is -0.411. The zero-order valence-corrected chi connectivity index (χ0v) is 19.8. The SMILES string of the molecule is CC1(C)OB(c2ccc3c4cc5ccccc5cc4c4nc5ccccc5n4c3c2)OC1(C)C. The van der Waals surface area contributed by atoms with Gasteiger partial charge in [0.2, 0.25) is 0 Å². The first-order chi connectivity index (χ1) is 16.3. The van der Waals surface area contributed by atoms with Crippen molar-refractivity contribution < 1.29 is 9.31 Å². The molecule has 6 aromatic rings. The van der Waals surface area contributed by atoms with Crippen molar-refractivity contribution in [1.82, 2.24) is 9.38 Å². The summed E-state index contributed by atoms with van der Waals surface area (Å²) in [6, 6.07) is 28.0. The van der Waals surface area contributed by atoms with Gasteiger partial charge >= 0.3 is 7.12 Å². The molecule has 2 aromatic heterocycles. The van der Waals surface area contributed by atoms with Crippen LogP contribution in [-0.4, -0.2) is 27.7 Å². The van der Waals surface area contributed by atoms with E-state index in [9.17, 15) is 0 Å². The molecule has 4 aromatic carbocycles. The van der Waals surface area contributed by atoms with E-state index in [-0.39, 0.29) is 11.2 Å². The Labute approximate surface area is 198 Å². The lowest BCUT2D eigenvalue weighted by atomic mass is 9.78. The van der Waals surface area contributed by atoms with Gasteiger partial charge in [-0.15, -0.1) is 0 Å². The predicted molar refractivity (Wildman–Crippen MR) is 141 cm³/mol. The van der Waals surface area contributed by atoms with Gasteiger partial charge in [0.25, 0.3) is 0 Å². The normalized spacial score (nSPS) is 17.6. The molecular formula is C29H25BN2O2. The zero-order chi connectivity index (χ0) is 23.2. The molecule has 0 spiro atoms. The maximum absolute atomic E-state index is 6.38. The van der Waals surface area contributed by atoms with Crippen molar-refractivity contribution in [2.24, 2.45) is 0 Å². The topological polar surface area (TPSA) is 35.8 Å². The fourth-order valence-electron chi connectivity index (χ4n) is 5.19. The summed E-state index contributed by atoms with van der Waals surface area (Å²) in [4.78, 5) is 5.07. The van der Waals surface area contributed by atoms with Crippen molar-refractivity contribution in [2.75, 3.05) is 0 Å². The molecule has 1 aliphatic heterocycles. The first-order valence-electron chi connectivity index (χ1n) is 11.8. The Morgan fingerprint density at radius 2 is 1.32 bits per heavy atom. The van der Waals surface area contributed by atoms with Crippen molar-refractivity contribution in [3.63, 3.8) is 0 Å². The Bertz CT molecular complexity index is 1770. The highest BCUT2D eigenvalue weighted by Gasteiger charge is 2.51. The number of benzene rings is 4. The minimum Gasteiger partial charge on any atom is -0.399 e. The van der Waals surface area contributed by atoms with Gasteiger partial charge in [-0.05, 0) is 79.6 Å². The van der Waals surface area contributed by atoms with Crippen LogP contribution in [-0.2, 0) is 9.31 Å². The third-order valence-electron chi connectivity index (χ3n) is 7.77. The molecule has 0 N–H and O–H groups in total. The molecule has 0 aliphatic carbocycles. The highest BCUT2D eigenvalue weighted by Crippen LogP contribution is 2.38. The first-order valence-corrected chi connectivity index (χ1v) is 11.8. The molecular weight excluding hydrogens is 419 g/mol. The molecule has 4 nitrogen and oxygen atoms in total. The molecule has 0 amide bonds. The summed E-state index contributed by atoms with van der Waals surface area (Å²) in [6.45, 7) is 8.37. The second-order valence-electron chi connectivity index (χ2n) is 10.4. The van der Waals surface area contributed by atoms with Gasteiger partial charge < -0.3 is 9.31 Å². The molecule has 3 heterocycles. The average molecular weight is 444 g/mol. The lowest BCUT2D eigenvalue weighted by Crippen LogP contribution is -2.41. The molecule has 166 valence electrons. The first kappa shape index (κ1) is 20.0. The predicted octanol–water partition coefficient (Wildman–Crippen LogP) is 6.25. The zero-order valence-electron chi connectivity index (χ0n) is 19.8. The quantitative estimate of drug-likeness (QED) is 0.171. The van der Waals surface area contributed by atoms with E-state index >= 15 is 0 Å². The maximum Gasteiger partial charge on any atom is 0.494 e. The minimum absolute atomic E-state index is 0.383. The van der Waals surface area contributed by atoms with E-state index in [0.717, 1.165) is 33.0 Å². The Balaban J connectivity index is 1.60. The van der Waals surface area contributed by atoms with E-state index < -0.39 is 7.12 Å². The van der Waals surface area contributed by atoms with Crippen molar-refractivity contribution in [2.45, 2.75) is 38.9 Å².